The van der Waals surface area contributed by atoms with Gasteiger partial charge in [-0.05, 0) is 74.9 Å². The molecule has 0 aromatic heterocycles. The second-order valence-electron chi connectivity index (χ2n) is 9.68. The van der Waals surface area contributed by atoms with Crippen molar-refractivity contribution < 1.29 is 26.5 Å². The summed E-state index contributed by atoms with van der Waals surface area (Å²) in [6.07, 6.45) is 13.8. The van der Waals surface area contributed by atoms with Crippen molar-refractivity contribution in [2.75, 3.05) is 19.4 Å². The van der Waals surface area contributed by atoms with Gasteiger partial charge in [-0.2, -0.15) is 0 Å². The lowest BCUT2D eigenvalue weighted by Gasteiger charge is -2.27. The minimum Gasteiger partial charge on any atom is -1.00 e. The summed E-state index contributed by atoms with van der Waals surface area (Å²) in [5, 5.41) is 4.50. The van der Waals surface area contributed by atoms with E-state index in [0.29, 0.717) is 0 Å². The minimum absolute atomic E-state index is 0. The topological polar surface area (TPSA) is 18.5 Å². The molecule has 3 aromatic carbocycles. The van der Waals surface area contributed by atoms with Crippen LogP contribution < -0.4 is 32.9 Å². The van der Waals surface area contributed by atoms with Crippen molar-refractivity contribution in [3.63, 3.8) is 0 Å². The highest BCUT2D eigenvalue weighted by Crippen LogP contribution is 2.56. The molecule has 1 saturated heterocycles. The highest BCUT2D eigenvalue weighted by atomic mass is 79.9. The Balaban J connectivity index is 0.00000361. The van der Waals surface area contributed by atoms with E-state index in [1.807, 2.05) is 0 Å². The van der Waals surface area contributed by atoms with Gasteiger partial charge in [-0.25, -0.2) is 0 Å². The maximum Gasteiger partial charge on any atom is 0.157 e. The highest BCUT2D eigenvalue weighted by molar-refractivity contribution is 7.95. The van der Waals surface area contributed by atoms with E-state index in [-0.39, 0.29) is 23.3 Å². The summed E-state index contributed by atoms with van der Waals surface area (Å²) in [4.78, 5) is 0. The van der Waals surface area contributed by atoms with Gasteiger partial charge in [0.05, 0.1) is 6.16 Å². The Morgan fingerprint density at radius 1 is 0.611 bits per heavy atom. The Bertz CT molecular complexity index is 849. The first-order valence-electron chi connectivity index (χ1n) is 13.7. The molecule has 1 atom stereocenters. The smallest absolute Gasteiger partial charge is 0.157 e. The van der Waals surface area contributed by atoms with Gasteiger partial charge in [-0.15, -0.1) is 0 Å². The molecule has 36 heavy (non-hydrogen) atoms. The van der Waals surface area contributed by atoms with Crippen LogP contribution in [-0.4, -0.2) is 25.7 Å². The third-order valence-corrected chi connectivity index (χ3v) is 11.7. The van der Waals surface area contributed by atoms with Gasteiger partial charge in [0.1, 0.15) is 23.2 Å². The van der Waals surface area contributed by atoms with Crippen molar-refractivity contribution in [2.45, 2.75) is 70.5 Å². The maximum absolute atomic E-state index is 5.87. The van der Waals surface area contributed by atoms with Crippen molar-refractivity contribution in [2.24, 2.45) is 0 Å². The van der Waals surface area contributed by atoms with Crippen LogP contribution in [0.4, 0.5) is 0 Å². The van der Waals surface area contributed by atoms with E-state index in [4.69, 9.17) is 9.47 Å². The lowest BCUT2D eigenvalue weighted by atomic mass is 10.1. The standard InChI is InChI=1S/C32H42O2P.BrH/c1(2-4-16-26-33-32-25-15-17-27-34-32)3-5-18-28-35(29-19-9-6-10-20-29,30-21-11-7-12-22-30)31-23-13-8-14-24-31;/h6-14,19-24,32H,1-5,15-18,25-28H2;1H/q+1;/p-1. The van der Waals surface area contributed by atoms with E-state index in [9.17, 15) is 0 Å². The minimum atomic E-state index is -1.67. The van der Waals surface area contributed by atoms with Gasteiger partial charge < -0.3 is 26.5 Å². The van der Waals surface area contributed by atoms with Gasteiger partial charge in [0.25, 0.3) is 0 Å². The van der Waals surface area contributed by atoms with Crippen LogP contribution in [0, 0.1) is 0 Å². The lowest BCUT2D eigenvalue weighted by Crippen LogP contribution is -3.00. The van der Waals surface area contributed by atoms with Gasteiger partial charge in [0, 0.05) is 13.2 Å². The van der Waals surface area contributed by atoms with Crippen molar-refractivity contribution in [1.82, 2.24) is 0 Å². The average molecular weight is 570 g/mol. The van der Waals surface area contributed by atoms with Gasteiger partial charge in [0.15, 0.2) is 6.29 Å². The zero-order valence-corrected chi connectivity index (χ0v) is 24.1. The fraction of sp³-hybridized carbons (Fsp3) is 0.438. The van der Waals surface area contributed by atoms with E-state index in [0.717, 1.165) is 26.1 Å². The van der Waals surface area contributed by atoms with Crippen molar-refractivity contribution in [3.05, 3.63) is 91.0 Å². The quantitative estimate of drug-likeness (QED) is 0.214. The van der Waals surface area contributed by atoms with Crippen molar-refractivity contribution in [1.29, 1.82) is 0 Å². The summed E-state index contributed by atoms with van der Waals surface area (Å²) < 4.78 is 11.5. The molecule has 0 radical (unpaired) electrons. The van der Waals surface area contributed by atoms with Gasteiger partial charge >= 0.3 is 0 Å². The average Bonchev–Trinajstić information content (AvgIpc) is 2.94. The van der Waals surface area contributed by atoms with Crippen molar-refractivity contribution >= 4 is 23.2 Å². The normalized spacial score (nSPS) is 15.8. The molecule has 0 amide bonds. The van der Waals surface area contributed by atoms with Crippen LogP contribution in [0.1, 0.15) is 64.2 Å². The van der Waals surface area contributed by atoms with Crippen LogP contribution in [0.3, 0.4) is 0 Å². The van der Waals surface area contributed by atoms with E-state index >= 15 is 0 Å². The number of rotatable bonds is 14. The molecule has 0 spiro atoms. The fourth-order valence-electron chi connectivity index (χ4n) is 5.27. The second-order valence-corrected chi connectivity index (χ2v) is 13.3. The predicted octanol–water partition coefficient (Wildman–Crippen LogP) is 4.26. The first-order chi connectivity index (χ1) is 17.4. The van der Waals surface area contributed by atoms with Crippen LogP contribution in [0.5, 0.6) is 0 Å². The Morgan fingerprint density at radius 3 is 1.56 bits per heavy atom. The summed E-state index contributed by atoms with van der Waals surface area (Å²) in [5.41, 5.74) is 0. The zero-order chi connectivity index (χ0) is 24.0. The predicted molar refractivity (Wildman–Crippen MR) is 152 cm³/mol. The number of unbranched alkanes of at least 4 members (excludes halogenated alkanes) is 6. The van der Waals surface area contributed by atoms with Gasteiger partial charge in [0.2, 0.25) is 0 Å². The number of halogens is 1. The van der Waals surface area contributed by atoms with Crippen molar-refractivity contribution in [3.8, 4) is 0 Å². The molecule has 1 fully saturated rings. The third kappa shape index (κ3) is 8.25. The monoisotopic (exact) mass is 568 g/mol. The molecule has 0 saturated carbocycles. The third-order valence-electron chi connectivity index (χ3n) is 7.17. The molecule has 0 aliphatic carbocycles. The molecule has 0 bridgehead atoms. The first kappa shape index (κ1) is 29.1. The summed E-state index contributed by atoms with van der Waals surface area (Å²) in [6, 6.07) is 33.8. The van der Waals surface area contributed by atoms with E-state index in [1.165, 1.54) is 73.4 Å². The SMILES string of the molecule is [Br-].c1ccc([P+](CCCCCCCCCOC2CCCCO2)(c2ccccc2)c2ccccc2)cc1. The molecule has 1 aliphatic heterocycles. The first-order valence-corrected chi connectivity index (χ1v) is 15.7. The molecule has 4 heteroatoms. The highest BCUT2D eigenvalue weighted by Gasteiger charge is 2.44. The summed E-state index contributed by atoms with van der Waals surface area (Å²) in [7, 11) is -1.67. The molecule has 0 N–H and O–H groups in total. The van der Waals surface area contributed by atoms with Gasteiger partial charge in [-0.1, -0.05) is 80.3 Å². The Hall–Kier alpha value is -1.51. The number of hydrogen-bond acceptors (Lipinski definition) is 2. The van der Waals surface area contributed by atoms with Crippen LogP contribution in [0.15, 0.2) is 91.0 Å². The molecule has 2 nitrogen and oxygen atoms in total. The Labute approximate surface area is 229 Å². The molecule has 3 aromatic rings. The zero-order valence-electron chi connectivity index (χ0n) is 21.6. The Kier molecular flexibility index (Phi) is 13.2. The fourth-order valence-corrected chi connectivity index (χ4v) is 9.68. The molecular formula is C32H42BrO2P. The van der Waals surface area contributed by atoms with Crippen LogP contribution >= 0.6 is 7.26 Å². The number of ether oxygens (including phenoxy) is 2. The van der Waals surface area contributed by atoms with Crippen LogP contribution in [-0.2, 0) is 9.47 Å². The van der Waals surface area contributed by atoms with Crippen LogP contribution in [0.25, 0.3) is 0 Å². The number of benzene rings is 3. The van der Waals surface area contributed by atoms with E-state index < -0.39 is 7.26 Å². The molecule has 4 rings (SSSR count). The summed E-state index contributed by atoms with van der Waals surface area (Å²) in [6.45, 7) is 1.72. The summed E-state index contributed by atoms with van der Waals surface area (Å²) in [5.74, 6) is 0. The molecule has 194 valence electrons. The largest absolute Gasteiger partial charge is 1.00 e. The molecular weight excluding hydrogens is 527 g/mol. The summed E-state index contributed by atoms with van der Waals surface area (Å²) >= 11 is 0. The Morgan fingerprint density at radius 2 is 1.08 bits per heavy atom. The second kappa shape index (κ2) is 16.4. The molecule has 1 aliphatic rings. The molecule has 1 heterocycles. The molecule has 1 unspecified atom stereocenters. The van der Waals surface area contributed by atoms with Crippen LogP contribution in [0.2, 0.25) is 0 Å². The van der Waals surface area contributed by atoms with Gasteiger partial charge in [-0.3, -0.25) is 0 Å². The van der Waals surface area contributed by atoms with E-state index in [1.54, 1.807) is 0 Å². The van der Waals surface area contributed by atoms with E-state index in [2.05, 4.69) is 91.0 Å². The number of hydrogen-bond donors (Lipinski definition) is 0. The lowest BCUT2D eigenvalue weighted by molar-refractivity contribution is -0.162. The maximum atomic E-state index is 5.87.